The Hall–Kier alpha value is -1.99. The van der Waals surface area contributed by atoms with Gasteiger partial charge < -0.3 is 5.73 Å². The molecule has 0 spiro atoms. The topological polar surface area (TPSA) is 76.3 Å². The van der Waals surface area contributed by atoms with Crippen molar-refractivity contribution in [2.75, 3.05) is 12.8 Å². The van der Waals surface area contributed by atoms with Gasteiger partial charge in [0.05, 0.1) is 12.2 Å². The van der Waals surface area contributed by atoms with E-state index in [0.717, 1.165) is 16.4 Å². The van der Waals surface area contributed by atoms with Crippen molar-refractivity contribution in [2.45, 2.75) is 11.4 Å². The number of nitrogen functional groups attached to an aromatic ring is 1. The van der Waals surface area contributed by atoms with Gasteiger partial charge >= 0.3 is 0 Å². The zero-order chi connectivity index (χ0) is 14.8. The van der Waals surface area contributed by atoms with Crippen LogP contribution in [0, 0.1) is 5.82 Å². The summed E-state index contributed by atoms with van der Waals surface area (Å²) in [5.41, 5.74) is 6.17. The van der Waals surface area contributed by atoms with Crippen molar-refractivity contribution < 1.29 is 12.8 Å². The van der Waals surface area contributed by atoms with Crippen LogP contribution >= 0.6 is 0 Å². The van der Waals surface area contributed by atoms with E-state index in [-0.39, 0.29) is 12.2 Å². The van der Waals surface area contributed by atoms with Gasteiger partial charge in [-0.15, -0.1) is 0 Å². The second-order valence-corrected chi connectivity index (χ2v) is 6.29. The average molecular weight is 295 g/mol. The molecule has 0 aliphatic carbocycles. The lowest BCUT2D eigenvalue weighted by Crippen LogP contribution is -2.27. The largest absolute Gasteiger partial charge is 0.399 e. The number of hydrogen-bond donors (Lipinski definition) is 1. The Morgan fingerprint density at radius 2 is 2.05 bits per heavy atom. The molecule has 0 unspecified atom stereocenters. The van der Waals surface area contributed by atoms with Gasteiger partial charge in [0.25, 0.3) is 0 Å². The number of benzene rings is 1. The van der Waals surface area contributed by atoms with E-state index in [9.17, 15) is 12.8 Å². The summed E-state index contributed by atoms with van der Waals surface area (Å²) in [6.07, 6.45) is 1.57. The fourth-order valence-corrected chi connectivity index (χ4v) is 2.88. The molecule has 0 aliphatic rings. The maximum atomic E-state index is 13.7. The molecule has 0 atom stereocenters. The van der Waals surface area contributed by atoms with E-state index in [4.69, 9.17) is 5.73 Å². The third-order valence-corrected chi connectivity index (χ3v) is 4.59. The predicted molar refractivity (Wildman–Crippen MR) is 73.7 cm³/mol. The van der Waals surface area contributed by atoms with Crippen LogP contribution in [-0.2, 0) is 16.6 Å². The summed E-state index contributed by atoms with van der Waals surface area (Å²) >= 11 is 0. The molecule has 0 bridgehead atoms. The highest BCUT2D eigenvalue weighted by Crippen LogP contribution is 2.21. The average Bonchev–Trinajstić information content (AvgIpc) is 2.39. The molecule has 7 heteroatoms. The summed E-state index contributed by atoms with van der Waals surface area (Å²) in [5, 5.41) is 0. The van der Waals surface area contributed by atoms with E-state index in [1.807, 2.05) is 0 Å². The quantitative estimate of drug-likeness (QED) is 0.870. The highest BCUT2D eigenvalue weighted by Gasteiger charge is 2.24. The second-order valence-electron chi connectivity index (χ2n) is 4.27. The van der Waals surface area contributed by atoms with Crippen LogP contribution in [0.25, 0.3) is 0 Å². The number of hydrogen-bond acceptors (Lipinski definition) is 4. The number of halogens is 1. The minimum absolute atomic E-state index is 0.0625. The molecular formula is C13H14FN3O2S. The van der Waals surface area contributed by atoms with Crippen molar-refractivity contribution in [1.29, 1.82) is 0 Å². The number of pyridine rings is 1. The monoisotopic (exact) mass is 295 g/mol. The third-order valence-electron chi connectivity index (χ3n) is 2.75. The molecule has 0 fully saturated rings. The fourth-order valence-electron chi connectivity index (χ4n) is 1.70. The third kappa shape index (κ3) is 2.94. The van der Waals surface area contributed by atoms with Crippen LogP contribution < -0.4 is 5.73 Å². The number of nitrogens with zero attached hydrogens (tertiary/aromatic N) is 2. The van der Waals surface area contributed by atoms with Crippen molar-refractivity contribution in [1.82, 2.24) is 9.29 Å². The van der Waals surface area contributed by atoms with Gasteiger partial charge in [0, 0.05) is 18.9 Å². The molecule has 5 nitrogen and oxygen atoms in total. The highest BCUT2D eigenvalue weighted by atomic mass is 32.2. The number of nitrogens with two attached hydrogens (primary N) is 1. The van der Waals surface area contributed by atoms with Gasteiger partial charge in [-0.25, -0.2) is 12.8 Å². The van der Waals surface area contributed by atoms with Crippen LogP contribution in [0.4, 0.5) is 10.1 Å². The maximum absolute atomic E-state index is 13.7. The molecular weight excluding hydrogens is 281 g/mol. The minimum Gasteiger partial charge on any atom is -0.399 e. The number of rotatable bonds is 4. The normalized spacial score (nSPS) is 11.8. The molecule has 2 aromatic rings. The van der Waals surface area contributed by atoms with Crippen molar-refractivity contribution in [3.8, 4) is 0 Å². The molecule has 106 valence electrons. The maximum Gasteiger partial charge on any atom is 0.246 e. The molecule has 0 radical (unpaired) electrons. The van der Waals surface area contributed by atoms with E-state index in [0.29, 0.717) is 5.69 Å². The van der Waals surface area contributed by atoms with E-state index < -0.39 is 20.7 Å². The van der Waals surface area contributed by atoms with Gasteiger partial charge in [0.1, 0.15) is 10.7 Å². The van der Waals surface area contributed by atoms with Crippen LogP contribution in [0.5, 0.6) is 0 Å². The summed E-state index contributed by atoms with van der Waals surface area (Å²) in [7, 11) is -2.55. The van der Waals surface area contributed by atoms with Gasteiger partial charge in [-0.2, -0.15) is 4.31 Å². The lowest BCUT2D eigenvalue weighted by molar-refractivity contribution is 0.456. The lowest BCUT2D eigenvalue weighted by atomic mass is 10.3. The number of aromatic nitrogens is 1. The predicted octanol–water partition coefficient (Wildman–Crippen LogP) is 1.62. The summed E-state index contributed by atoms with van der Waals surface area (Å²) in [5.74, 6) is -0.863. The highest BCUT2D eigenvalue weighted by molar-refractivity contribution is 7.89. The molecule has 1 aromatic carbocycles. The molecule has 0 aliphatic heterocycles. The van der Waals surface area contributed by atoms with Crippen LogP contribution in [0.2, 0.25) is 0 Å². The first-order chi connectivity index (χ1) is 9.41. The van der Waals surface area contributed by atoms with Gasteiger partial charge in [0.15, 0.2) is 0 Å². The van der Waals surface area contributed by atoms with E-state index in [1.54, 1.807) is 24.4 Å². The van der Waals surface area contributed by atoms with Gasteiger partial charge in [-0.05, 0) is 30.3 Å². The summed E-state index contributed by atoms with van der Waals surface area (Å²) in [4.78, 5) is 3.64. The molecule has 20 heavy (non-hydrogen) atoms. The Morgan fingerprint density at radius 3 is 2.65 bits per heavy atom. The van der Waals surface area contributed by atoms with Gasteiger partial charge in [-0.1, -0.05) is 6.07 Å². The van der Waals surface area contributed by atoms with E-state index in [2.05, 4.69) is 4.98 Å². The SMILES string of the molecule is CN(Cc1ccccn1)S(=O)(=O)c1ccc(N)cc1F. The Kier molecular flexibility index (Phi) is 4.01. The van der Waals surface area contributed by atoms with Crippen molar-refractivity contribution >= 4 is 15.7 Å². The van der Waals surface area contributed by atoms with E-state index >= 15 is 0 Å². The fraction of sp³-hybridized carbons (Fsp3) is 0.154. The molecule has 2 rings (SSSR count). The van der Waals surface area contributed by atoms with Crippen molar-refractivity contribution in [3.63, 3.8) is 0 Å². The smallest absolute Gasteiger partial charge is 0.246 e. The minimum atomic E-state index is -3.92. The summed E-state index contributed by atoms with van der Waals surface area (Å²) in [6, 6.07) is 8.69. The Labute approximate surface area is 116 Å². The Balaban J connectivity index is 2.30. The van der Waals surface area contributed by atoms with Gasteiger partial charge in [0.2, 0.25) is 10.0 Å². The van der Waals surface area contributed by atoms with Crippen LogP contribution in [0.3, 0.4) is 0 Å². The Morgan fingerprint density at radius 1 is 1.30 bits per heavy atom. The lowest BCUT2D eigenvalue weighted by Gasteiger charge is -2.17. The van der Waals surface area contributed by atoms with Gasteiger partial charge in [-0.3, -0.25) is 4.98 Å². The zero-order valence-corrected chi connectivity index (χ0v) is 11.6. The Bertz CT molecular complexity index is 705. The molecule has 1 heterocycles. The van der Waals surface area contributed by atoms with Crippen LogP contribution in [-0.4, -0.2) is 24.8 Å². The first kappa shape index (κ1) is 14.4. The zero-order valence-electron chi connectivity index (χ0n) is 10.8. The molecule has 0 amide bonds. The van der Waals surface area contributed by atoms with Crippen molar-refractivity contribution in [3.05, 3.63) is 54.1 Å². The van der Waals surface area contributed by atoms with Crippen LogP contribution in [0.1, 0.15) is 5.69 Å². The summed E-state index contributed by atoms with van der Waals surface area (Å²) < 4.78 is 39.4. The molecule has 1 aromatic heterocycles. The standard InChI is InChI=1S/C13H14FN3O2S/c1-17(9-11-4-2-3-7-16-11)20(18,19)13-6-5-10(15)8-12(13)14/h2-8H,9,15H2,1H3. The molecule has 0 saturated carbocycles. The number of anilines is 1. The first-order valence-corrected chi connectivity index (χ1v) is 7.26. The first-order valence-electron chi connectivity index (χ1n) is 5.82. The molecule has 0 saturated heterocycles. The van der Waals surface area contributed by atoms with Crippen molar-refractivity contribution in [2.24, 2.45) is 0 Å². The van der Waals surface area contributed by atoms with Crippen LogP contribution in [0.15, 0.2) is 47.5 Å². The van der Waals surface area contributed by atoms with E-state index in [1.165, 1.54) is 13.1 Å². The summed E-state index contributed by atoms with van der Waals surface area (Å²) in [6.45, 7) is 0.0625. The molecule has 2 N–H and O–H groups in total. The number of sulfonamides is 1. The second kappa shape index (κ2) is 5.56.